The molecule has 0 aliphatic heterocycles. The van der Waals surface area contributed by atoms with Crippen LogP contribution in [0, 0.1) is 0 Å². The minimum Gasteiger partial charge on any atom is -0.478 e. The highest BCUT2D eigenvalue weighted by Crippen LogP contribution is 2.38. The molecule has 0 saturated heterocycles. The number of rotatable bonds is 8. The number of aliphatic carboxylic acids is 1. The third kappa shape index (κ3) is 5.67. The van der Waals surface area contributed by atoms with Crippen LogP contribution in [0.5, 0.6) is 0 Å². The first kappa shape index (κ1) is 26.7. The summed E-state index contributed by atoms with van der Waals surface area (Å²) in [6, 6.07) is 23.1. The topological polar surface area (TPSA) is 133 Å². The Bertz CT molecular complexity index is 1470. The normalized spacial score (nSPS) is 18.1. The van der Waals surface area contributed by atoms with Crippen molar-refractivity contribution in [2.45, 2.75) is 18.6 Å². The number of ketones is 1. The predicted molar refractivity (Wildman–Crippen MR) is 137 cm³/mol. The third-order valence-electron chi connectivity index (χ3n) is 5.87. The monoisotopic (exact) mass is 526 g/mol. The van der Waals surface area contributed by atoms with Gasteiger partial charge in [0.25, 0.3) is 5.60 Å². The van der Waals surface area contributed by atoms with Crippen LogP contribution in [0.3, 0.4) is 0 Å². The number of esters is 3. The van der Waals surface area contributed by atoms with Crippen LogP contribution in [0.25, 0.3) is 0 Å². The van der Waals surface area contributed by atoms with Crippen molar-refractivity contribution >= 4 is 29.7 Å². The van der Waals surface area contributed by atoms with Gasteiger partial charge in [0.05, 0.1) is 22.3 Å². The molecule has 1 aliphatic carbocycles. The summed E-state index contributed by atoms with van der Waals surface area (Å²) in [5, 5.41) is 9.76. The molecule has 0 radical (unpaired) electrons. The van der Waals surface area contributed by atoms with Crippen LogP contribution in [-0.2, 0) is 23.8 Å². The van der Waals surface area contributed by atoms with E-state index in [1.165, 1.54) is 36.4 Å². The van der Waals surface area contributed by atoms with Gasteiger partial charge < -0.3 is 19.3 Å². The molecular weight excluding hydrogens is 504 g/mol. The van der Waals surface area contributed by atoms with Crippen LogP contribution in [-0.4, -0.2) is 46.5 Å². The fourth-order valence-electron chi connectivity index (χ4n) is 3.90. The number of benzene rings is 3. The van der Waals surface area contributed by atoms with Gasteiger partial charge in [0, 0.05) is 0 Å². The lowest BCUT2D eigenvalue weighted by molar-refractivity contribution is -0.146. The molecule has 0 amide bonds. The molecule has 9 heteroatoms. The van der Waals surface area contributed by atoms with Crippen LogP contribution in [0.1, 0.15) is 38.0 Å². The first-order valence-electron chi connectivity index (χ1n) is 11.7. The van der Waals surface area contributed by atoms with E-state index in [1.54, 1.807) is 54.6 Å². The van der Waals surface area contributed by atoms with Crippen LogP contribution in [0.2, 0.25) is 0 Å². The number of Topliss-reactive ketones (excluding diaryl/α,β-unsaturated/α-hetero) is 1. The molecule has 4 rings (SSSR count). The fourth-order valence-corrected chi connectivity index (χ4v) is 3.90. The summed E-state index contributed by atoms with van der Waals surface area (Å²) in [6.45, 7) is 1.05. The Morgan fingerprint density at radius 1 is 0.692 bits per heavy atom. The van der Waals surface area contributed by atoms with Gasteiger partial charge in [0.2, 0.25) is 0 Å². The predicted octanol–water partition coefficient (Wildman–Crippen LogP) is 4.16. The molecule has 2 atom stereocenters. The van der Waals surface area contributed by atoms with E-state index in [-0.39, 0.29) is 16.7 Å². The maximum Gasteiger partial charge on any atom is 0.343 e. The number of ether oxygens (including phenoxy) is 3. The van der Waals surface area contributed by atoms with E-state index in [0.717, 1.165) is 19.1 Å². The van der Waals surface area contributed by atoms with E-state index in [0.29, 0.717) is 0 Å². The Hall–Kier alpha value is -5.31. The van der Waals surface area contributed by atoms with Gasteiger partial charge in [-0.25, -0.2) is 19.2 Å². The molecule has 2 unspecified atom stereocenters. The van der Waals surface area contributed by atoms with Gasteiger partial charge in [0.15, 0.2) is 17.6 Å². The molecular formula is C30H22O9. The summed E-state index contributed by atoms with van der Waals surface area (Å²) in [7, 11) is 0. The number of hydrogen-bond acceptors (Lipinski definition) is 8. The first-order valence-corrected chi connectivity index (χ1v) is 11.7. The molecule has 3 aromatic rings. The van der Waals surface area contributed by atoms with Gasteiger partial charge >= 0.3 is 23.9 Å². The highest BCUT2D eigenvalue weighted by atomic mass is 16.6. The summed E-state index contributed by atoms with van der Waals surface area (Å²) < 4.78 is 16.8. The Labute approximate surface area is 222 Å². The van der Waals surface area contributed by atoms with E-state index in [1.807, 2.05) is 0 Å². The molecule has 3 aromatic carbocycles. The first-order chi connectivity index (χ1) is 18.7. The van der Waals surface area contributed by atoms with Crippen LogP contribution >= 0.6 is 0 Å². The highest BCUT2D eigenvalue weighted by Gasteiger charge is 2.56. The van der Waals surface area contributed by atoms with Crippen LogP contribution in [0.4, 0.5) is 0 Å². The molecule has 0 aromatic heterocycles. The average Bonchev–Trinajstić information content (AvgIpc) is 2.95. The maximum atomic E-state index is 13.3. The van der Waals surface area contributed by atoms with Crippen molar-refractivity contribution in [3.05, 3.63) is 131 Å². The molecule has 0 heterocycles. The van der Waals surface area contributed by atoms with Crippen molar-refractivity contribution in [2.24, 2.45) is 0 Å². The highest BCUT2D eigenvalue weighted by molar-refractivity contribution is 6.01. The summed E-state index contributed by atoms with van der Waals surface area (Å²) in [5.41, 5.74) is -2.76. The van der Waals surface area contributed by atoms with E-state index in [4.69, 9.17) is 14.2 Å². The third-order valence-corrected chi connectivity index (χ3v) is 5.87. The van der Waals surface area contributed by atoms with Gasteiger partial charge in [-0.2, -0.15) is 0 Å². The second-order valence-electron chi connectivity index (χ2n) is 8.43. The molecule has 39 heavy (non-hydrogen) atoms. The minimum absolute atomic E-state index is 0.0491. The second kappa shape index (κ2) is 11.4. The lowest BCUT2D eigenvalue weighted by Crippen LogP contribution is -2.56. The number of carbonyl (C=O) groups excluding carboxylic acids is 4. The van der Waals surface area contributed by atoms with Gasteiger partial charge in [-0.1, -0.05) is 54.6 Å². The maximum absolute atomic E-state index is 13.3. The van der Waals surface area contributed by atoms with Gasteiger partial charge in [0.1, 0.15) is 0 Å². The summed E-state index contributed by atoms with van der Waals surface area (Å²) in [5.74, 6) is -5.86. The Morgan fingerprint density at radius 2 is 1.15 bits per heavy atom. The van der Waals surface area contributed by atoms with Crippen molar-refractivity contribution in [3.63, 3.8) is 0 Å². The molecule has 1 N–H and O–H groups in total. The molecule has 196 valence electrons. The van der Waals surface area contributed by atoms with Gasteiger partial charge in [-0.15, -0.1) is 0 Å². The number of carboxylic acid groups (broad SMARTS) is 1. The number of hydrogen-bond donors (Lipinski definition) is 1. The Kier molecular flexibility index (Phi) is 7.81. The summed E-state index contributed by atoms with van der Waals surface area (Å²) in [4.78, 5) is 64.6. The lowest BCUT2D eigenvalue weighted by Gasteiger charge is -2.38. The summed E-state index contributed by atoms with van der Waals surface area (Å²) >= 11 is 0. The SMILES string of the molecule is CC(=O)C1(OC(=O)c2ccccc2)C(OC(=O)c2ccccc2)=CC(C(=O)O)=CC1OC(=O)c1ccccc1. The fraction of sp³-hybridized carbons (Fsp3) is 0.100. The zero-order valence-corrected chi connectivity index (χ0v) is 20.6. The molecule has 0 bridgehead atoms. The van der Waals surface area contributed by atoms with E-state index in [2.05, 4.69) is 0 Å². The van der Waals surface area contributed by atoms with Crippen molar-refractivity contribution in [3.8, 4) is 0 Å². The van der Waals surface area contributed by atoms with Crippen molar-refractivity contribution < 1.29 is 43.3 Å². The van der Waals surface area contributed by atoms with E-state index >= 15 is 0 Å². The quantitative estimate of drug-likeness (QED) is 0.339. The van der Waals surface area contributed by atoms with Crippen molar-refractivity contribution in [2.75, 3.05) is 0 Å². The smallest absolute Gasteiger partial charge is 0.343 e. The zero-order chi connectivity index (χ0) is 28.0. The molecule has 0 fully saturated rings. The molecule has 9 nitrogen and oxygen atoms in total. The van der Waals surface area contributed by atoms with Crippen LogP contribution < -0.4 is 0 Å². The van der Waals surface area contributed by atoms with Crippen LogP contribution in [0.15, 0.2) is 114 Å². The largest absolute Gasteiger partial charge is 0.478 e. The molecule has 0 saturated carbocycles. The van der Waals surface area contributed by atoms with E-state index < -0.39 is 52.7 Å². The minimum atomic E-state index is -2.53. The second-order valence-corrected chi connectivity index (χ2v) is 8.43. The van der Waals surface area contributed by atoms with Crippen molar-refractivity contribution in [1.29, 1.82) is 0 Å². The number of carboxylic acids is 1. The Morgan fingerprint density at radius 3 is 1.62 bits per heavy atom. The van der Waals surface area contributed by atoms with Gasteiger partial charge in [-0.3, -0.25) is 4.79 Å². The molecule has 0 spiro atoms. The Balaban J connectivity index is 1.84. The van der Waals surface area contributed by atoms with Gasteiger partial charge in [-0.05, 0) is 55.5 Å². The lowest BCUT2D eigenvalue weighted by atomic mass is 9.83. The standard InChI is InChI=1S/C30H22O9/c1-19(31)30(39-29(36)22-15-9-4-10-16-22)24(37-27(34)20-11-5-2-6-12-20)17-23(26(32)33)18-25(30)38-28(35)21-13-7-3-8-14-21/h2-18,24H,1H3,(H,32,33). The van der Waals surface area contributed by atoms with Crippen molar-refractivity contribution in [1.82, 2.24) is 0 Å². The average molecular weight is 526 g/mol. The zero-order valence-electron chi connectivity index (χ0n) is 20.6. The summed E-state index contributed by atoms with van der Waals surface area (Å²) in [6.07, 6.45) is 0.0586. The van der Waals surface area contributed by atoms with E-state index in [9.17, 15) is 29.1 Å². The molecule has 1 aliphatic rings. The number of carbonyl (C=O) groups is 5.